The number of anilines is 1. The van der Waals surface area contributed by atoms with Gasteiger partial charge in [0.2, 0.25) is 0 Å². The minimum absolute atomic E-state index is 0.122. The molecule has 1 aromatic heterocycles. The van der Waals surface area contributed by atoms with Crippen molar-refractivity contribution in [2.75, 3.05) is 11.9 Å². The van der Waals surface area contributed by atoms with Gasteiger partial charge >= 0.3 is 6.01 Å². The molecule has 0 radical (unpaired) electrons. The first-order chi connectivity index (χ1) is 9.17. The van der Waals surface area contributed by atoms with Gasteiger partial charge < -0.3 is 14.6 Å². The molecule has 3 rings (SSSR count). The number of hydrogen-bond donors (Lipinski definition) is 1. The van der Waals surface area contributed by atoms with Gasteiger partial charge in [-0.3, -0.25) is 0 Å². The molecule has 2 fully saturated rings. The number of nitrogens with one attached hydrogen (secondary N) is 1. The summed E-state index contributed by atoms with van der Waals surface area (Å²) in [7, 11) is 0. The number of nitrogens with zero attached hydrogens (tertiary/aromatic N) is 2. The third-order valence-corrected chi connectivity index (χ3v) is 4.29. The minimum atomic E-state index is 0.122. The van der Waals surface area contributed by atoms with Gasteiger partial charge in [0.25, 0.3) is 0 Å². The van der Waals surface area contributed by atoms with Crippen molar-refractivity contribution in [3.8, 4) is 0 Å². The quantitative estimate of drug-likeness (QED) is 0.910. The highest BCUT2D eigenvalue weighted by molar-refractivity contribution is 5.22. The van der Waals surface area contributed by atoms with E-state index in [2.05, 4.69) is 29.3 Å². The van der Waals surface area contributed by atoms with Crippen LogP contribution in [0.15, 0.2) is 4.52 Å². The average Bonchev–Trinajstić information content (AvgIpc) is 3.00. The highest BCUT2D eigenvalue weighted by Gasteiger charge is 2.40. The Morgan fingerprint density at radius 2 is 2.11 bits per heavy atom. The zero-order valence-electron chi connectivity index (χ0n) is 11.8. The van der Waals surface area contributed by atoms with Gasteiger partial charge in [0.1, 0.15) is 0 Å². The predicted molar refractivity (Wildman–Crippen MR) is 72.2 cm³/mol. The second-order valence-electron chi connectivity index (χ2n) is 6.19. The molecule has 0 bridgehead atoms. The second kappa shape index (κ2) is 5.12. The molecule has 1 saturated carbocycles. The fraction of sp³-hybridized carbons (Fsp3) is 0.857. The third-order valence-electron chi connectivity index (χ3n) is 4.29. The Labute approximate surface area is 114 Å². The van der Waals surface area contributed by atoms with E-state index in [0.29, 0.717) is 18.0 Å². The first kappa shape index (κ1) is 12.9. The van der Waals surface area contributed by atoms with Gasteiger partial charge in [-0.05, 0) is 25.7 Å². The molecule has 1 spiro atoms. The van der Waals surface area contributed by atoms with Crippen LogP contribution in [0.25, 0.3) is 0 Å². The molecule has 5 nitrogen and oxygen atoms in total. The lowest BCUT2D eigenvalue weighted by Gasteiger charge is -2.38. The standard InChI is InChI=1S/C14H23N3O2/c1-10(2)12-16-13(19-17-12)15-11-5-8-18-14(9-11)6-3-4-7-14/h10-11H,3-9H2,1-2H3,(H,15,16,17)/t11-/m1/s1. The maximum atomic E-state index is 6.03. The van der Waals surface area contributed by atoms with Crippen molar-refractivity contribution in [3.05, 3.63) is 5.82 Å². The number of ether oxygens (including phenoxy) is 1. The van der Waals surface area contributed by atoms with Crippen LogP contribution in [0.2, 0.25) is 0 Å². The largest absolute Gasteiger partial charge is 0.375 e. The zero-order chi connectivity index (χ0) is 13.3. The molecule has 0 amide bonds. The lowest BCUT2D eigenvalue weighted by Crippen LogP contribution is -2.42. The monoisotopic (exact) mass is 265 g/mol. The predicted octanol–water partition coefficient (Wildman–Crippen LogP) is 3.10. The van der Waals surface area contributed by atoms with E-state index in [4.69, 9.17) is 9.26 Å². The summed E-state index contributed by atoms with van der Waals surface area (Å²) in [6, 6.07) is 0.955. The molecule has 106 valence electrons. The zero-order valence-corrected chi connectivity index (χ0v) is 11.8. The molecular weight excluding hydrogens is 242 g/mol. The number of rotatable bonds is 3. The lowest BCUT2D eigenvalue weighted by molar-refractivity contribution is -0.0769. The highest BCUT2D eigenvalue weighted by Crippen LogP contribution is 2.40. The van der Waals surface area contributed by atoms with E-state index in [9.17, 15) is 0 Å². The fourth-order valence-corrected chi connectivity index (χ4v) is 3.22. The van der Waals surface area contributed by atoms with E-state index >= 15 is 0 Å². The van der Waals surface area contributed by atoms with Crippen molar-refractivity contribution in [2.45, 2.75) is 69.9 Å². The summed E-state index contributed by atoms with van der Waals surface area (Å²) in [4.78, 5) is 4.39. The van der Waals surface area contributed by atoms with Gasteiger partial charge in [0.05, 0.1) is 5.60 Å². The van der Waals surface area contributed by atoms with Gasteiger partial charge in [-0.25, -0.2) is 0 Å². The van der Waals surface area contributed by atoms with Crippen LogP contribution >= 0.6 is 0 Å². The van der Waals surface area contributed by atoms with Gasteiger partial charge in [0.15, 0.2) is 5.82 Å². The fourth-order valence-electron chi connectivity index (χ4n) is 3.22. The van der Waals surface area contributed by atoms with Crippen LogP contribution in [-0.4, -0.2) is 28.4 Å². The van der Waals surface area contributed by atoms with Crippen LogP contribution in [0.3, 0.4) is 0 Å². The van der Waals surface area contributed by atoms with Crippen molar-refractivity contribution in [1.82, 2.24) is 10.1 Å². The summed E-state index contributed by atoms with van der Waals surface area (Å²) in [5, 5.41) is 7.38. The van der Waals surface area contributed by atoms with Gasteiger partial charge in [-0.15, -0.1) is 0 Å². The van der Waals surface area contributed by atoms with E-state index in [-0.39, 0.29) is 5.60 Å². The van der Waals surface area contributed by atoms with E-state index in [0.717, 1.165) is 25.3 Å². The SMILES string of the molecule is CC(C)c1noc(N[C@@H]2CCOC3(CCCC3)C2)n1. The molecule has 1 N–H and O–H groups in total. The van der Waals surface area contributed by atoms with Crippen molar-refractivity contribution in [3.63, 3.8) is 0 Å². The molecule has 1 aliphatic heterocycles. The Morgan fingerprint density at radius 3 is 2.79 bits per heavy atom. The van der Waals surface area contributed by atoms with Crippen LogP contribution in [0, 0.1) is 0 Å². The topological polar surface area (TPSA) is 60.2 Å². The summed E-state index contributed by atoms with van der Waals surface area (Å²) in [6.45, 7) is 4.97. The van der Waals surface area contributed by atoms with Crippen LogP contribution in [0.5, 0.6) is 0 Å². The first-order valence-corrected chi connectivity index (χ1v) is 7.41. The molecule has 0 aromatic carbocycles. The Morgan fingerprint density at radius 1 is 1.32 bits per heavy atom. The number of hydrogen-bond acceptors (Lipinski definition) is 5. The molecule has 1 saturated heterocycles. The molecule has 5 heteroatoms. The molecule has 1 aromatic rings. The molecule has 1 atom stereocenters. The maximum Gasteiger partial charge on any atom is 0.321 e. The van der Waals surface area contributed by atoms with Crippen LogP contribution in [0.1, 0.15) is 64.1 Å². The summed E-state index contributed by atoms with van der Waals surface area (Å²) < 4.78 is 11.3. The van der Waals surface area contributed by atoms with Gasteiger partial charge in [-0.2, -0.15) is 4.98 Å². The van der Waals surface area contributed by atoms with Crippen molar-refractivity contribution >= 4 is 6.01 Å². The van der Waals surface area contributed by atoms with E-state index in [1.54, 1.807) is 0 Å². The van der Waals surface area contributed by atoms with Gasteiger partial charge in [-0.1, -0.05) is 31.8 Å². The summed E-state index contributed by atoms with van der Waals surface area (Å²) in [5.74, 6) is 1.07. The molecular formula is C14H23N3O2. The van der Waals surface area contributed by atoms with Crippen LogP contribution in [-0.2, 0) is 4.74 Å². The highest BCUT2D eigenvalue weighted by atomic mass is 16.5. The van der Waals surface area contributed by atoms with E-state index in [1.807, 2.05) is 0 Å². The molecule has 19 heavy (non-hydrogen) atoms. The summed E-state index contributed by atoms with van der Waals surface area (Å²) in [5.41, 5.74) is 0.122. The molecule has 0 unspecified atom stereocenters. The number of aromatic nitrogens is 2. The molecule has 2 heterocycles. The van der Waals surface area contributed by atoms with Crippen molar-refractivity contribution in [1.29, 1.82) is 0 Å². The average molecular weight is 265 g/mol. The Hall–Kier alpha value is -1.10. The van der Waals surface area contributed by atoms with Crippen LogP contribution < -0.4 is 5.32 Å². The summed E-state index contributed by atoms with van der Waals surface area (Å²) >= 11 is 0. The lowest BCUT2D eigenvalue weighted by atomic mass is 9.89. The maximum absolute atomic E-state index is 6.03. The Bertz CT molecular complexity index is 424. The van der Waals surface area contributed by atoms with Crippen LogP contribution in [0.4, 0.5) is 6.01 Å². The Balaban J connectivity index is 1.62. The molecule has 1 aliphatic carbocycles. The first-order valence-electron chi connectivity index (χ1n) is 7.41. The van der Waals surface area contributed by atoms with Crippen molar-refractivity contribution in [2.24, 2.45) is 0 Å². The minimum Gasteiger partial charge on any atom is -0.375 e. The summed E-state index contributed by atoms with van der Waals surface area (Å²) in [6.07, 6.45) is 7.07. The van der Waals surface area contributed by atoms with E-state index in [1.165, 1.54) is 25.7 Å². The Kier molecular flexibility index (Phi) is 3.48. The smallest absolute Gasteiger partial charge is 0.321 e. The van der Waals surface area contributed by atoms with E-state index < -0.39 is 0 Å². The third kappa shape index (κ3) is 2.76. The van der Waals surface area contributed by atoms with Gasteiger partial charge in [0, 0.05) is 18.6 Å². The molecule has 2 aliphatic rings. The second-order valence-corrected chi connectivity index (χ2v) is 6.19. The van der Waals surface area contributed by atoms with Crippen molar-refractivity contribution < 1.29 is 9.26 Å². The normalized spacial score (nSPS) is 26.2.